The van der Waals surface area contributed by atoms with E-state index in [9.17, 15) is 10.1 Å². The second-order valence-corrected chi connectivity index (χ2v) is 3.67. The van der Waals surface area contributed by atoms with Crippen LogP contribution in [0.15, 0.2) is 18.2 Å². The molecule has 17 heavy (non-hydrogen) atoms. The molecule has 0 fully saturated rings. The van der Waals surface area contributed by atoms with Crippen molar-refractivity contribution in [2.45, 2.75) is 13.0 Å². The molecule has 0 radical (unpaired) electrons. The number of nitro benzene ring substituents is 1. The first-order chi connectivity index (χ1) is 8.06. The van der Waals surface area contributed by atoms with E-state index in [0.29, 0.717) is 18.0 Å². The Hall–Kier alpha value is -1.86. The molecule has 0 amide bonds. The van der Waals surface area contributed by atoms with Gasteiger partial charge in [0.05, 0.1) is 17.2 Å². The fourth-order valence-electron chi connectivity index (χ4n) is 1.46. The second kappa shape index (κ2) is 6.02. The summed E-state index contributed by atoms with van der Waals surface area (Å²) in [6.07, 6.45) is 0. The maximum Gasteiger partial charge on any atom is 0.273 e. The molecule has 0 saturated heterocycles. The van der Waals surface area contributed by atoms with Gasteiger partial charge in [-0.3, -0.25) is 16.0 Å². The summed E-state index contributed by atoms with van der Waals surface area (Å²) in [6, 6.07) is 4.56. The SMILES string of the molecule is COCC(C)Nc1cc(NN)cc([N+](=O)[O-])c1. The molecule has 94 valence electrons. The molecule has 0 aliphatic heterocycles. The number of methoxy groups -OCH3 is 1. The van der Waals surface area contributed by atoms with Crippen molar-refractivity contribution in [3.8, 4) is 0 Å². The lowest BCUT2D eigenvalue weighted by molar-refractivity contribution is -0.384. The second-order valence-electron chi connectivity index (χ2n) is 3.67. The Morgan fingerprint density at radius 2 is 2.12 bits per heavy atom. The summed E-state index contributed by atoms with van der Waals surface area (Å²) in [7, 11) is 1.60. The van der Waals surface area contributed by atoms with Crippen molar-refractivity contribution in [1.29, 1.82) is 0 Å². The minimum atomic E-state index is -0.465. The number of nitrogens with zero attached hydrogens (tertiary/aromatic N) is 1. The lowest BCUT2D eigenvalue weighted by Crippen LogP contribution is -2.21. The predicted molar refractivity (Wildman–Crippen MR) is 65.9 cm³/mol. The van der Waals surface area contributed by atoms with E-state index < -0.39 is 4.92 Å². The number of nitrogens with two attached hydrogens (primary N) is 1. The zero-order valence-electron chi connectivity index (χ0n) is 9.77. The Morgan fingerprint density at radius 3 is 2.65 bits per heavy atom. The van der Waals surface area contributed by atoms with Gasteiger partial charge >= 0.3 is 0 Å². The van der Waals surface area contributed by atoms with E-state index in [-0.39, 0.29) is 11.7 Å². The first-order valence-corrected chi connectivity index (χ1v) is 5.08. The molecular weight excluding hydrogens is 224 g/mol. The standard InChI is InChI=1S/C10H16N4O3/c1-7(6-17-2)12-8-3-9(13-11)5-10(4-8)14(15)16/h3-5,7,12-13H,6,11H2,1-2H3. The Kier molecular flexibility index (Phi) is 4.68. The van der Waals surface area contributed by atoms with Crippen molar-refractivity contribution in [2.24, 2.45) is 5.84 Å². The smallest absolute Gasteiger partial charge is 0.273 e. The lowest BCUT2D eigenvalue weighted by Gasteiger charge is -2.14. The van der Waals surface area contributed by atoms with Crippen LogP contribution in [-0.4, -0.2) is 24.7 Å². The van der Waals surface area contributed by atoms with Crippen LogP contribution in [0.3, 0.4) is 0 Å². The fourth-order valence-corrected chi connectivity index (χ4v) is 1.46. The van der Waals surface area contributed by atoms with Crippen molar-refractivity contribution < 1.29 is 9.66 Å². The van der Waals surface area contributed by atoms with Gasteiger partial charge < -0.3 is 15.5 Å². The van der Waals surface area contributed by atoms with Crippen LogP contribution in [0.1, 0.15) is 6.92 Å². The summed E-state index contributed by atoms with van der Waals surface area (Å²) < 4.78 is 4.97. The molecule has 0 saturated carbocycles. The molecular formula is C10H16N4O3. The number of nitrogen functional groups attached to an aromatic ring is 1. The summed E-state index contributed by atoms with van der Waals surface area (Å²) in [6.45, 7) is 2.42. The average molecular weight is 240 g/mol. The predicted octanol–water partition coefficient (Wildman–Crippen LogP) is 1.33. The molecule has 0 heterocycles. The highest BCUT2D eigenvalue weighted by atomic mass is 16.6. The van der Waals surface area contributed by atoms with Gasteiger partial charge in [0.15, 0.2) is 0 Å². The zero-order valence-corrected chi connectivity index (χ0v) is 9.77. The number of nitro groups is 1. The highest BCUT2D eigenvalue weighted by Gasteiger charge is 2.10. The molecule has 1 aromatic carbocycles. The number of hydrogen-bond donors (Lipinski definition) is 3. The topological polar surface area (TPSA) is 102 Å². The van der Waals surface area contributed by atoms with Gasteiger partial charge in [-0.1, -0.05) is 0 Å². The Morgan fingerprint density at radius 1 is 1.47 bits per heavy atom. The Bertz CT molecular complexity index is 397. The van der Waals surface area contributed by atoms with Crippen LogP contribution in [0.4, 0.5) is 17.1 Å². The zero-order chi connectivity index (χ0) is 12.8. The van der Waals surface area contributed by atoms with Crippen molar-refractivity contribution in [3.05, 3.63) is 28.3 Å². The number of anilines is 2. The number of hydrazine groups is 1. The minimum absolute atomic E-state index is 0.0208. The molecule has 0 bridgehead atoms. The van der Waals surface area contributed by atoms with Crippen LogP contribution in [0.5, 0.6) is 0 Å². The number of hydrogen-bond acceptors (Lipinski definition) is 6. The van der Waals surface area contributed by atoms with Gasteiger partial charge in [-0.25, -0.2) is 0 Å². The third-order valence-electron chi connectivity index (χ3n) is 2.12. The summed E-state index contributed by atoms with van der Waals surface area (Å²) in [5, 5.41) is 13.8. The first-order valence-electron chi connectivity index (χ1n) is 5.08. The van der Waals surface area contributed by atoms with Crippen molar-refractivity contribution in [1.82, 2.24) is 0 Å². The quantitative estimate of drug-likeness (QED) is 0.394. The molecule has 1 atom stereocenters. The van der Waals surface area contributed by atoms with E-state index in [1.54, 1.807) is 13.2 Å². The summed E-state index contributed by atoms with van der Waals surface area (Å²) >= 11 is 0. The first kappa shape index (κ1) is 13.2. The maximum atomic E-state index is 10.7. The fraction of sp³-hybridized carbons (Fsp3) is 0.400. The van der Waals surface area contributed by atoms with Crippen LogP contribution >= 0.6 is 0 Å². The average Bonchev–Trinajstić information content (AvgIpc) is 2.28. The van der Waals surface area contributed by atoms with Gasteiger partial charge in [0.2, 0.25) is 0 Å². The van der Waals surface area contributed by atoms with Gasteiger partial charge in [-0.2, -0.15) is 0 Å². The molecule has 1 rings (SSSR count). The van der Waals surface area contributed by atoms with E-state index in [0.717, 1.165) is 0 Å². The van der Waals surface area contributed by atoms with E-state index in [4.69, 9.17) is 10.6 Å². The third kappa shape index (κ3) is 3.89. The van der Waals surface area contributed by atoms with Crippen LogP contribution < -0.4 is 16.6 Å². The van der Waals surface area contributed by atoms with Crippen LogP contribution in [0.2, 0.25) is 0 Å². The minimum Gasteiger partial charge on any atom is -0.383 e. The Balaban J connectivity index is 2.90. The molecule has 1 unspecified atom stereocenters. The van der Waals surface area contributed by atoms with E-state index in [2.05, 4.69) is 10.7 Å². The number of rotatable bonds is 6. The molecule has 0 aromatic heterocycles. The van der Waals surface area contributed by atoms with Gasteiger partial charge in [0.25, 0.3) is 5.69 Å². The van der Waals surface area contributed by atoms with Crippen LogP contribution in [0, 0.1) is 10.1 Å². The van der Waals surface area contributed by atoms with Crippen LogP contribution in [0.25, 0.3) is 0 Å². The molecule has 7 nitrogen and oxygen atoms in total. The van der Waals surface area contributed by atoms with Gasteiger partial charge in [-0.15, -0.1) is 0 Å². The number of benzene rings is 1. The highest BCUT2D eigenvalue weighted by molar-refractivity contribution is 5.63. The van der Waals surface area contributed by atoms with Crippen molar-refractivity contribution in [3.63, 3.8) is 0 Å². The third-order valence-corrected chi connectivity index (χ3v) is 2.12. The van der Waals surface area contributed by atoms with Gasteiger partial charge in [-0.05, 0) is 13.0 Å². The van der Waals surface area contributed by atoms with E-state index >= 15 is 0 Å². The van der Waals surface area contributed by atoms with E-state index in [1.807, 2.05) is 6.92 Å². The summed E-state index contributed by atoms with van der Waals surface area (Å²) in [5.41, 5.74) is 3.47. The molecule has 1 aromatic rings. The number of nitrogens with one attached hydrogen (secondary N) is 2. The molecule has 7 heteroatoms. The maximum absolute atomic E-state index is 10.7. The van der Waals surface area contributed by atoms with Crippen molar-refractivity contribution >= 4 is 17.1 Å². The summed E-state index contributed by atoms with van der Waals surface area (Å²) in [4.78, 5) is 10.3. The summed E-state index contributed by atoms with van der Waals surface area (Å²) in [5.74, 6) is 5.25. The number of non-ortho nitro benzene ring substituents is 1. The van der Waals surface area contributed by atoms with Gasteiger partial charge in [0, 0.05) is 31.0 Å². The number of ether oxygens (including phenoxy) is 1. The molecule has 0 spiro atoms. The molecule has 0 aliphatic rings. The molecule has 4 N–H and O–H groups in total. The van der Waals surface area contributed by atoms with Crippen LogP contribution in [-0.2, 0) is 4.74 Å². The van der Waals surface area contributed by atoms with E-state index in [1.165, 1.54) is 12.1 Å². The highest BCUT2D eigenvalue weighted by Crippen LogP contribution is 2.24. The lowest BCUT2D eigenvalue weighted by atomic mass is 10.2. The Labute approximate surface area is 99.1 Å². The van der Waals surface area contributed by atoms with Gasteiger partial charge in [0.1, 0.15) is 0 Å². The molecule has 0 aliphatic carbocycles. The largest absolute Gasteiger partial charge is 0.383 e. The normalized spacial score (nSPS) is 11.9. The monoisotopic (exact) mass is 240 g/mol. The van der Waals surface area contributed by atoms with Crippen molar-refractivity contribution in [2.75, 3.05) is 24.5 Å².